The van der Waals surface area contributed by atoms with E-state index < -0.39 is 21.3 Å². The van der Waals surface area contributed by atoms with E-state index in [9.17, 15) is 18.3 Å². The average Bonchev–Trinajstić information content (AvgIpc) is 2.56. The third kappa shape index (κ3) is 6.32. The Morgan fingerprint density at radius 2 is 2.00 bits per heavy atom. The van der Waals surface area contributed by atoms with E-state index in [0.717, 1.165) is 25.9 Å². The summed E-state index contributed by atoms with van der Waals surface area (Å²) < 4.78 is 23.0. The van der Waals surface area contributed by atoms with Gasteiger partial charge in [-0.1, -0.05) is 6.92 Å². The topological polar surface area (TPSA) is 86.7 Å². The molecule has 21 heavy (non-hydrogen) atoms. The molecule has 0 aliphatic carbocycles. The molecule has 1 aliphatic heterocycles. The van der Waals surface area contributed by atoms with Crippen LogP contribution in [-0.4, -0.2) is 67.6 Å². The molecule has 1 aliphatic rings. The number of sulfone groups is 1. The van der Waals surface area contributed by atoms with Crippen LogP contribution in [0.4, 0.5) is 0 Å². The van der Waals surface area contributed by atoms with Crippen molar-refractivity contribution >= 4 is 15.8 Å². The highest BCUT2D eigenvalue weighted by Crippen LogP contribution is 2.15. The molecule has 124 valence electrons. The van der Waals surface area contributed by atoms with E-state index >= 15 is 0 Å². The molecule has 7 heteroatoms. The van der Waals surface area contributed by atoms with Gasteiger partial charge in [-0.15, -0.1) is 0 Å². The molecule has 0 amide bonds. The van der Waals surface area contributed by atoms with Crippen LogP contribution in [0.25, 0.3) is 0 Å². The molecule has 6 nitrogen and oxygen atoms in total. The number of unbranched alkanes of at least 4 members (excludes halogenated alkanes) is 1. The quantitative estimate of drug-likeness (QED) is 0.641. The van der Waals surface area contributed by atoms with Crippen molar-refractivity contribution in [3.05, 3.63) is 0 Å². The van der Waals surface area contributed by atoms with Crippen LogP contribution in [0.2, 0.25) is 0 Å². The molecule has 1 fully saturated rings. The van der Waals surface area contributed by atoms with Crippen molar-refractivity contribution in [3.8, 4) is 0 Å². The third-order valence-electron chi connectivity index (χ3n) is 4.09. The van der Waals surface area contributed by atoms with Crippen LogP contribution in [0.15, 0.2) is 0 Å². The highest BCUT2D eigenvalue weighted by molar-refractivity contribution is 7.91. The maximum Gasteiger partial charge on any atom is 0.323 e. The zero-order valence-electron chi connectivity index (χ0n) is 13.1. The Hall–Kier alpha value is -0.660. The number of nitrogens with one attached hydrogen (secondary N) is 1. The normalized spacial score (nSPS) is 22.4. The fraction of sp³-hybridized carbons (Fsp3) is 0.929. The summed E-state index contributed by atoms with van der Waals surface area (Å²) in [4.78, 5) is 13.5. The molecule has 1 atom stereocenters. The Bertz CT molecular complexity index is 438. The number of hydrogen-bond donors (Lipinski definition) is 2. The monoisotopic (exact) mass is 320 g/mol. The number of aliphatic carboxylic acids is 1. The molecule has 0 saturated carbocycles. The van der Waals surface area contributed by atoms with Crippen LogP contribution < -0.4 is 5.32 Å². The molecule has 0 aromatic carbocycles. The van der Waals surface area contributed by atoms with Gasteiger partial charge in [-0.2, -0.15) is 0 Å². The van der Waals surface area contributed by atoms with Crippen molar-refractivity contribution in [3.63, 3.8) is 0 Å². The number of rotatable bonds is 8. The predicted octanol–water partition coefficient (Wildman–Crippen LogP) is 0.730. The minimum Gasteiger partial charge on any atom is -0.480 e. The van der Waals surface area contributed by atoms with Crippen LogP contribution in [0, 0.1) is 0 Å². The van der Waals surface area contributed by atoms with E-state index in [2.05, 4.69) is 10.2 Å². The second-order valence-corrected chi connectivity index (χ2v) is 8.28. The lowest BCUT2D eigenvalue weighted by atomic mass is 9.95. The first-order valence-electron chi connectivity index (χ1n) is 7.70. The Morgan fingerprint density at radius 1 is 1.29 bits per heavy atom. The van der Waals surface area contributed by atoms with E-state index in [1.165, 1.54) is 0 Å². The molecule has 1 unspecified atom stereocenters. The maximum atomic E-state index is 11.5. The highest BCUT2D eigenvalue weighted by atomic mass is 32.2. The van der Waals surface area contributed by atoms with Crippen LogP contribution in [0.5, 0.6) is 0 Å². The maximum absolute atomic E-state index is 11.5. The summed E-state index contributed by atoms with van der Waals surface area (Å²) in [6.07, 6.45) is 3.00. The molecule has 2 N–H and O–H groups in total. The molecule has 1 saturated heterocycles. The van der Waals surface area contributed by atoms with Gasteiger partial charge in [-0.3, -0.25) is 4.79 Å². The Balaban J connectivity index is 2.31. The fourth-order valence-corrected chi connectivity index (χ4v) is 4.00. The lowest BCUT2D eigenvalue weighted by Crippen LogP contribution is -2.49. The Labute approximate surface area is 127 Å². The summed E-state index contributed by atoms with van der Waals surface area (Å²) in [6.45, 7) is 6.52. The van der Waals surface area contributed by atoms with Crippen LogP contribution in [-0.2, 0) is 14.6 Å². The van der Waals surface area contributed by atoms with E-state index in [1.54, 1.807) is 6.92 Å². The number of hydrogen-bond acceptors (Lipinski definition) is 5. The lowest BCUT2D eigenvalue weighted by Gasteiger charge is -2.26. The summed E-state index contributed by atoms with van der Waals surface area (Å²) in [7, 11) is -2.85. The average molecular weight is 320 g/mol. The van der Waals surface area contributed by atoms with Gasteiger partial charge in [-0.05, 0) is 52.2 Å². The predicted molar refractivity (Wildman–Crippen MR) is 83.3 cm³/mol. The van der Waals surface area contributed by atoms with Crippen molar-refractivity contribution in [2.75, 3.05) is 37.7 Å². The molecular weight excluding hydrogens is 292 g/mol. The van der Waals surface area contributed by atoms with Crippen molar-refractivity contribution in [2.24, 2.45) is 0 Å². The Morgan fingerprint density at radius 3 is 2.62 bits per heavy atom. The third-order valence-corrected chi connectivity index (χ3v) is 5.80. The van der Waals surface area contributed by atoms with Crippen molar-refractivity contribution < 1.29 is 18.3 Å². The standard InChI is InChI=1S/C14H28N2O4S/c1-3-15-14(2,13(17)18)7-4-5-8-16-9-6-11-21(19,20)12-10-16/h15H,3-12H2,1-2H3,(H,17,18). The van der Waals surface area contributed by atoms with E-state index in [0.29, 0.717) is 31.7 Å². The summed E-state index contributed by atoms with van der Waals surface area (Å²) >= 11 is 0. The molecule has 0 spiro atoms. The molecule has 0 bridgehead atoms. The number of nitrogens with zero attached hydrogens (tertiary/aromatic N) is 1. The molecular formula is C14H28N2O4S. The molecule has 0 aromatic rings. The minimum atomic E-state index is -2.85. The van der Waals surface area contributed by atoms with Crippen molar-refractivity contribution in [2.45, 2.75) is 45.1 Å². The fourth-order valence-electron chi connectivity index (χ4n) is 2.69. The van der Waals surface area contributed by atoms with E-state index in [1.807, 2.05) is 6.92 Å². The van der Waals surface area contributed by atoms with Crippen molar-refractivity contribution in [1.82, 2.24) is 10.2 Å². The van der Waals surface area contributed by atoms with Gasteiger partial charge in [0.1, 0.15) is 5.54 Å². The summed E-state index contributed by atoms with van der Waals surface area (Å²) in [5.41, 5.74) is -0.864. The zero-order chi connectivity index (χ0) is 15.9. The molecule has 1 heterocycles. The first-order chi connectivity index (χ1) is 9.79. The minimum absolute atomic E-state index is 0.247. The number of carbonyl (C=O) groups is 1. The van der Waals surface area contributed by atoms with Gasteiger partial charge in [0, 0.05) is 6.54 Å². The lowest BCUT2D eigenvalue weighted by molar-refractivity contribution is -0.144. The van der Waals surface area contributed by atoms with Crippen molar-refractivity contribution in [1.29, 1.82) is 0 Å². The Kier molecular flexibility index (Phi) is 7.09. The first kappa shape index (κ1) is 18.4. The largest absolute Gasteiger partial charge is 0.480 e. The number of likely N-dealkylation sites (N-methyl/N-ethyl adjacent to an activating group) is 1. The van der Waals surface area contributed by atoms with Gasteiger partial charge in [-0.25, -0.2) is 8.42 Å². The first-order valence-corrected chi connectivity index (χ1v) is 9.52. The van der Waals surface area contributed by atoms with Gasteiger partial charge in [0.2, 0.25) is 0 Å². The number of carboxylic acid groups (broad SMARTS) is 1. The molecule has 0 aromatic heterocycles. The second-order valence-electron chi connectivity index (χ2n) is 5.97. The molecule has 0 radical (unpaired) electrons. The number of carboxylic acids is 1. The van der Waals surface area contributed by atoms with Gasteiger partial charge in [0.25, 0.3) is 0 Å². The summed E-state index contributed by atoms with van der Waals surface area (Å²) in [5.74, 6) is -0.275. The molecule has 1 rings (SSSR count). The van der Waals surface area contributed by atoms with Crippen LogP contribution in [0.3, 0.4) is 0 Å². The van der Waals surface area contributed by atoms with E-state index in [-0.39, 0.29) is 5.75 Å². The highest BCUT2D eigenvalue weighted by Gasteiger charge is 2.31. The SMILES string of the molecule is CCNC(C)(CCCCN1CCCS(=O)(=O)CC1)C(=O)O. The summed E-state index contributed by atoms with van der Waals surface area (Å²) in [6, 6.07) is 0. The van der Waals surface area contributed by atoms with Crippen LogP contribution in [0.1, 0.15) is 39.5 Å². The van der Waals surface area contributed by atoms with Gasteiger partial charge >= 0.3 is 5.97 Å². The smallest absolute Gasteiger partial charge is 0.323 e. The zero-order valence-corrected chi connectivity index (χ0v) is 13.9. The van der Waals surface area contributed by atoms with Gasteiger partial charge in [0.05, 0.1) is 11.5 Å². The van der Waals surface area contributed by atoms with E-state index in [4.69, 9.17) is 0 Å². The summed E-state index contributed by atoms with van der Waals surface area (Å²) in [5, 5.41) is 12.3. The van der Waals surface area contributed by atoms with Gasteiger partial charge in [0.15, 0.2) is 9.84 Å². The van der Waals surface area contributed by atoms with Gasteiger partial charge < -0.3 is 15.3 Å². The van der Waals surface area contributed by atoms with Crippen LogP contribution >= 0.6 is 0 Å². The second kappa shape index (κ2) is 8.10.